The topological polar surface area (TPSA) is 38.0 Å². The molecule has 0 heterocycles. The molecule has 0 aliphatic heterocycles. The molecule has 0 bridgehead atoms. The molecule has 3 N–H and O–H groups in total. The van der Waals surface area contributed by atoms with Crippen LogP contribution in [0, 0.1) is 20.8 Å². The Morgan fingerprint density at radius 3 is 2.39 bits per heavy atom. The first-order valence-corrected chi connectivity index (χ1v) is 7.13. The molecule has 0 amide bonds. The van der Waals surface area contributed by atoms with Gasteiger partial charge >= 0.3 is 0 Å². The Morgan fingerprint density at radius 2 is 1.83 bits per heavy atom. The van der Waals surface area contributed by atoms with Crippen molar-refractivity contribution < 1.29 is 0 Å². The van der Waals surface area contributed by atoms with Crippen molar-refractivity contribution in [2.75, 3.05) is 6.54 Å². The molecule has 0 radical (unpaired) electrons. The van der Waals surface area contributed by atoms with Crippen LogP contribution in [-0.4, -0.2) is 18.6 Å². The predicted molar refractivity (Wildman–Crippen MR) is 78.0 cm³/mol. The number of nitrogens with two attached hydrogens (primary N) is 1. The highest BCUT2D eigenvalue weighted by Crippen LogP contribution is 2.19. The SMILES string of the molecule is Cc1cc(C)c(CCNC2CCCC2N)c(C)c1. The molecule has 1 aliphatic carbocycles. The van der Waals surface area contributed by atoms with Crippen molar-refractivity contribution in [3.8, 4) is 0 Å². The van der Waals surface area contributed by atoms with E-state index < -0.39 is 0 Å². The number of nitrogens with one attached hydrogen (secondary N) is 1. The van der Waals surface area contributed by atoms with E-state index in [9.17, 15) is 0 Å². The third-order valence-electron chi connectivity index (χ3n) is 4.19. The van der Waals surface area contributed by atoms with E-state index in [4.69, 9.17) is 5.73 Å². The largest absolute Gasteiger partial charge is 0.326 e. The highest BCUT2D eigenvalue weighted by molar-refractivity contribution is 5.37. The number of hydrogen-bond acceptors (Lipinski definition) is 2. The summed E-state index contributed by atoms with van der Waals surface area (Å²) in [5.41, 5.74) is 11.8. The molecule has 2 rings (SSSR count). The molecule has 1 aliphatic rings. The lowest BCUT2D eigenvalue weighted by Gasteiger charge is -2.18. The predicted octanol–water partition coefficient (Wildman–Crippen LogP) is 2.62. The van der Waals surface area contributed by atoms with E-state index in [-0.39, 0.29) is 0 Å². The molecule has 1 saturated carbocycles. The minimum absolute atomic E-state index is 0.366. The fraction of sp³-hybridized carbons (Fsp3) is 0.625. The molecule has 0 spiro atoms. The van der Waals surface area contributed by atoms with E-state index in [0.717, 1.165) is 13.0 Å². The van der Waals surface area contributed by atoms with Crippen molar-refractivity contribution in [3.05, 3.63) is 34.4 Å². The smallest absolute Gasteiger partial charge is 0.0219 e. The van der Waals surface area contributed by atoms with E-state index in [0.29, 0.717) is 12.1 Å². The molecule has 1 aromatic rings. The minimum atomic E-state index is 0.366. The van der Waals surface area contributed by atoms with Gasteiger partial charge in [0.15, 0.2) is 0 Å². The van der Waals surface area contributed by atoms with E-state index in [1.165, 1.54) is 41.5 Å². The molecule has 2 heteroatoms. The molecule has 2 unspecified atom stereocenters. The van der Waals surface area contributed by atoms with E-state index in [2.05, 4.69) is 38.2 Å². The molecular formula is C16H26N2. The quantitative estimate of drug-likeness (QED) is 0.857. The zero-order valence-electron chi connectivity index (χ0n) is 11.9. The second-order valence-electron chi connectivity index (χ2n) is 5.78. The summed E-state index contributed by atoms with van der Waals surface area (Å²) in [7, 11) is 0. The van der Waals surface area contributed by atoms with Crippen LogP contribution in [0.15, 0.2) is 12.1 Å². The van der Waals surface area contributed by atoms with E-state index >= 15 is 0 Å². The second-order valence-corrected chi connectivity index (χ2v) is 5.78. The van der Waals surface area contributed by atoms with Crippen molar-refractivity contribution in [1.29, 1.82) is 0 Å². The highest BCUT2D eigenvalue weighted by Gasteiger charge is 2.22. The summed E-state index contributed by atoms with van der Waals surface area (Å²) in [5, 5.41) is 3.62. The molecule has 2 atom stereocenters. The molecule has 0 aromatic heterocycles. The third-order valence-corrected chi connectivity index (χ3v) is 4.19. The third kappa shape index (κ3) is 3.12. The summed E-state index contributed by atoms with van der Waals surface area (Å²) in [6.45, 7) is 7.65. The van der Waals surface area contributed by atoms with Gasteiger partial charge in [0.2, 0.25) is 0 Å². The van der Waals surface area contributed by atoms with E-state index in [1.807, 2.05) is 0 Å². The number of rotatable bonds is 4. The Hall–Kier alpha value is -0.860. The maximum absolute atomic E-state index is 6.08. The Kier molecular flexibility index (Phi) is 4.41. The first-order chi connectivity index (χ1) is 8.58. The van der Waals surface area contributed by atoms with Crippen LogP contribution in [0.25, 0.3) is 0 Å². The van der Waals surface area contributed by atoms with Gasteiger partial charge in [-0.1, -0.05) is 24.1 Å². The lowest BCUT2D eigenvalue weighted by Crippen LogP contribution is -2.41. The van der Waals surface area contributed by atoms with Crippen LogP contribution in [0.4, 0.5) is 0 Å². The molecule has 1 fully saturated rings. The van der Waals surface area contributed by atoms with Gasteiger partial charge in [-0.15, -0.1) is 0 Å². The van der Waals surface area contributed by atoms with Crippen molar-refractivity contribution >= 4 is 0 Å². The zero-order chi connectivity index (χ0) is 13.1. The molecule has 0 saturated heterocycles. The first kappa shape index (κ1) is 13.6. The molecule has 100 valence electrons. The first-order valence-electron chi connectivity index (χ1n) is 7.13. The fourth-order valence-corrected chi connectivity index (χ4v) is 3.23. The monoisotopic (exact) mass is 246 g/mol. The van der Waals surface area contributed by atoms with Crippen LogP contribution in [0.1, 0.15) is 41.5 Å². The van der Waals surface area contributed by atoms with Gasteiger partial charge in [0, 0.05) is 12.1 Å². The van der Waals surface area contributed by atoms with Crippen molar-refractivity contribution in [2.24, 2.45) is 5.73 Å². The van der Waals surface area contributed by atoms with Crippen LogP contribution in [-0.2, 0) is 6.42 Å². The Bertz CT molecular complexity index is 389. The van der Waals surface area contributed by atoms with Gasteiger partial charge in [-0.05, 0) is 63.3 Å². The summed E-state index contributed by atoms with van der Waals surface area (Å²) >= 11 is 0. The summed E-state index contributed by atoms with van der Waals surface area (Å²) < 4.78 is 0. The van der Waals surface area contributed by atoms with Crippen molar-refractivity contribution in [3.63, 3.8) is 0 Å². The van der Waals surface area contributed by atoms with Gasteiger partial charge in [-0.25, -0.2) is 0 Å². The van der Waals surface area contributed by atoms with Gasteiger partial charge < -0.3 is 11.1 Å². The Labute approximate surface area is 111 Å². The lowest BCUT2D eigenvalue weighted by atomic mass is 9.97. The fourth-order valence-electron chi connectivity index (χ4n) is 3.23. The molecule has 2 nitrogen and oxygen atoms in total. The second kappa shape index (κ2) is 5.85. The standard InChI is InChI=1S/C16H26N2/c1-11-9-12(2)14(13(3)10-11)7-8-18-16-6-4-5-15(16)17/h9-10,15-16,18H,4-8,17H2,1-3H3. The van der Waals surface area contributed by atoms with Gasteiger partial charge in [-0.2, -0.15) is 0 Å². The number of aryl methyl sites for hydroxylation is 3. The molecule has 18 heavy (non-hydrogen) atoms. The van der Waals surface area contributed by atoms with Gasteiger partial charge in [0.05, 0.1) is 0 Å². The molecule has 1 aromatic carbocycles. The Balaban J connectivity index is 1.90. The number of benzene rings is 1. The van der Waals surface area contributed by atoms with Crippen LogP contribution in [0.3, 0.4) is 0 Å². The summed E-state index contributed by atoms with van der Waals surface area (Å²) in [6, 6.07) is 5.47. The average molecular weight is 246 g/mol. The van der Waals surface area contributed by atoms with Crippen molar-refractivity contribution in [2.45, 2.75) is 58.5 Å². The van der Waals surface area contributed by atoms with Gasteiger partial charge in [0.25, 0.3) is 0 Å². The maximum Gasteiger partial charge on any atom is 0.0219 e. The summed E-state index contributed by atoms with van der Waals surface area (Å²) in [6.07, 6.45) is 4.82. The highest BCUT2D eigenvalue weighted by atomic mass is 15.0. The Morgan fingerprint density at radius 1 is 1.17 bits per heavy atom. The number of hydrogen-bond donors (Lipinski definition) is 2. The van der Waals surface area contributed by atoms with Crippen LogP contribution < -0.4 is 11.1 Å². The van der Waals surface area contributed by atoms with Crippen LogP contribution >= 0.6 is 0 Å². The molecular weight excluding hydrogens is 220 g/mol. The minimum Gasteiger partial charge on any atom is -0.326 e. The average Bonchev–Trinajstić information content (AvgIpc) is 2.68. The van der Waals surface area contributed by atoms with Crippen LogP contribution in [0.2, 0.25) is 0 Å². The normalized spacial score (nSPS) is 23.6. The zero-order valence-corrected chi connectivity index (χ0v) is 11.9. The van der Waals surface area contributed by atoms with Crippen molar-refractivity contribution in [1.82, 2.24) is 5.32 Å². The lowest BCUT2D eigenvalue weighted by molar-refractivity contribution is 0.479. The van der Waals surface area contributed by atoms with Crippen LogP contribution in [0.5, 0.6) is 0 Å². The van der Waals surface area contributed by atoms with E-state index in [1.54, 1.807) is 0 Å². The maximum atomic E-state index is 6.08. The summed E-state index contributed by atoms with van der Waals surface area (Å²) in [4.78, 5) is 0. The summed E-state index contributed by atoms with van der Waals surface area (Å²) in [5.74, 6) is 0. The van der Waals surface area contributed by atoms with Gasteiger partial charge in [-0.3, -0.25) is 0 Å². The van der Waals surface area contributed by atoms with Gasteiger partial charge in [0.1, 0.15) is 0 Å².